The molecule has 1 amide bonds. The summed E-state index contributed by atoms with van der Waals surface area (Å²) in [5, 5.41) is -0.170. The number of hydrogen-bond donors (Lipinski definition) is 1. The molecular formula is C20H25N2OS+. The minimum absolute atomic E-state index is 0.170. The van der Waals surface area contributed by atoms with E-state index in [9.17, 15) is 4.79 Å². The Morgan fingerprint density at radius 1 is 1.04 bits per heavy atom. The fourth-order valence-electron chi connectivity index (χ4n) is 3.09. The molecule has 2 aromatic rings. The van der Waals surface area contributed by atoms with Crippen LogP contribution in [0.4, 0.5) is 0 Å². The zero-order chi connectivity index (χ0) is 16.8. The fourth-order valence-corrected chi connectivity index (χ4v) is 4.22. The highest BCUT2D eigenvalue weighted by atomic mass is 32.2. The minimum atomic E-state index is -0.170. The molecule has 4 heteroatoms. The van der Waals surface area contributed by atoms with E-state index in [0.717, 1.165) is 43.2 Å². The van der Waals surface area contributed by atoms with Gasteiger partial charge < -0.3 is 9.80 Å². The summed E-state index contributed by atoms with van der Waals surface area (Å²) in [6.07, 6.45) is 0. The van der Waals surface area contributed by atoms with Gasteiger partial charge in [0.25, 0.3) is 0 Å². The summed E-state index contributed by atoms with van der Waals surface area (Å²) in [6.45, 7) is 7.19. The monoisotopic (exact) mass is 341 g/mol. The van der Waals surface area contributed by atoms with Crippen molar-refractivity contribution in [3.05, 3.63) is 66.2 Å². The standard InChI is InChI=1S/C20H24N2OS/c1-2-21-13-15-22(16-14-21)20(23)19(17-9-5-3-6-10-17)24-18-11-7-4-8-12-18/h3-12,19H,2,13-16H2,1H3/p+1. The van der Waals surface area contributed by atoms with Crippen LogP contribution in [0.5, 0.6) is 0 Å². The highest BCUT2D eigenvalue weighted by molar-refractivity contribution is 8.00. The number of benzene rings is 2. The molecule has 0 aliphatic carbocycles. The molecule has 24 heavy (non-hydrogen) atoms. The molecule has 1 aliphatic heterocycles. The average Bonchev–Trinajstić information content (AvgIpc) is 2.67. The molecule has 3 nitrogen and oxygen atoms in total. The fraction of sp³-hybridized carbons (Fsp3) is 0.350. The van der Waals surface area contributed by atoms with Crippen molar-refractivity contribution in [2.75, 3.05) is 32.7 Å². The number of rotatable bonds is 5. The second kappa shape index (κ2) is 8.36. The second-order valence-electron chi connectivity index (χ2n) is 6.15. The largest absolute Gasteiger partial charge is 0.332 e. The minimum Gasteiger partial charge on any atom is -0.332 e. The molecule has 0 radical (unpaired) electrons. The van der Waals surface area contributed by atoms with Crippen molar-refractivity contribution in [2.45, 2.75) is 17.1 Å². The Bertz CT molecular complexity index is 639. The van der Waals surface area contributed by atoms with E-state index in [1.54, 1.807) is 16.7 Å². The van der Waals surface area contributed by atoms with Gasteiger partial charge in [0, 0.05) is 4.90 Å². The van der Waals surface area contributed by atoms with E-state index in [4.69, 9.17) is 0 Å². The van der Waals surface area contributed by atoms with Gasteiger partial charge in [-0.3, -0.25) is 4.79 Å². The molecule has 1 atom stereocenters. The average molecular weight is 342 g/mol. The molecule has 0 aromatic heterocycles. The van der Waals surface area contributed by atoms with Crippen molar-refractivity contribution in [2.24, 2.45) is 0 Å². The predicted molar refractivity (Wildman–Crippen MR) is 99.3 cm³/mol. The van der Waals surface area contributed by atoms with Crippen LogP contribution in [0.1, 0.15) is 17.7 Å². The number of piperazine rings is 1. The van der Waals surface area contributed by atoms with Gasteiger partial charge in [0.1, 0.15) is 5.25 Å². The van der Waals surface area contributed by atoms with Crippen LogP contribution in [0, 0.1) is 0 Å². The number of thioether (sulfide) groups is 1. The van der Waals surface area contributed by atoms with E-state index >= 15 is 0 Å². The molecule has 1 unspecified atom stereocenters. The Morgan fingerprint density at radius 3 is 2.21 bits per heavy atom. The maximum Gasteiger partial charge on any atom is 0.240 e. The molecule has 0 saturated carbocycles. The zero-order valence-electron chi connectivity index (χ0n) is 14.2. The zero-order valence-corrected chi connectivity index (χ0v) is 15.0. The highest BCUT2D eigenvalue weighted by Crippen LogP contribution is 2.36. The third-order valence-corrected chi connectivity index (χ3v) is 5.86. The summed E-state index contributed by atoms with van der Waals surface area (Å²) in [6, 6.07) is 20.4. The van der Waals surface area contributed by atoms with E-state index in [-0.39, 0.29) is 11.2 Å². The summed E-state index contributed by atoms with van der Waals surface area (Å²) in [5.41, 5.74) is 1.08. The van der Waals surface area contributed by atoms with Crippen LogP contribution in [-0.4, -0.2) is 43.5 Å². The summed E-state index contributed by atoms with van der Waals surface area (Å²) in [7, 11) is 0. The van der Waals surface area contributed by atoms with Gasteiger partial charge in [0.2, 0.25) is 5.91 Å². The third-order valence-electron chi connectivity index (χ3n) is 4.61. The summed E-state index contributed by atoms with van der Waals surface area (Å²) < 4.78 is 0. The lowest BCUT2D eigenvalue weighted by molar-refractivity contribution is -0.902. The Morgan fingerprint density at radius 2 is 1.62 bits per heavy atom. The maximum atomic E-state index is 13.2. The second-order valence-corrected chi connectivity index (χ2v) is 7.33. The Balaban J connectivity index is 1.78. The molecule has 0 bridgehead atoms. The van der Waals surface area contributed by atoms with Crippen LogP contribution in [0.3, 0.4) is 0 Å². The number of carbonyl (C=O) groups is 1. The number of nitrogens with zero attached hydrogens (tertiary/aromatic N) is 1. The maximum absolute atomic E-state index is 13.2. The molecule has 126 valence electrons. The van der Waals surface area contributed by atoms with Crippen molar-refractivity contribution in [3.8, 4) is 0 Å². The van der Waals surface area contributed by atoms with Gasteiger partial charge in [-0.2, -0.15) is 0 Å². The first kappa shape index (κ1) is 17.1. The van der Waals surface area contributed by atoms with Gasteiger partial charge in [-0.15, -0.1) is 11.8 Å². The quantitative estimate of drug-likeness (QED) is 0.844. The molecule has 1 N–H and O–H groups in total. The van der Waals surface area contributed by atoms with Crippen LogP contribution < -0.4 is 4.90 Å². The van der Waals surface area contributed by atoms with Gasteiger partial charge >= 0.3 is 0 Å². The Kier molecular flexibility index (Phi) is 5.94. The van der Waals surface area contributed by atoms with E-state index < -0.39 is 0 Å². The van der Waals surface area contributed by atoms with Crippen molar-refractivity contribution in [1.82, 2.24) is 4.90 Å². The molecule has 1 saturated heterocycles. The molecule has 1 aliphatic rings. The SMILES string of the molecule is CC[NH+]1CCN(C(=O)C(Sc2ccccc2)c2ccccc2)CC1. The molecule has 2 aromatic carbocycles. The van der Waals surface area contributed by atoms with Gasteiger partial charge in [-0.05, 0) is 24.6 Å². The summed E-state index contributed by atoms with van der Waals surface area (Å²) in [4.78, 5) is 18.0. The van der Waals surface area contributed by atoms with E-state index in [0.29, 0.717) is 0 Å². The molecule has 1 heterocycles. The number of hydrogen-bond acceptors (Lipinski definition) is 2. The smallest absolute Gasteiger partial charge is 0.240 e. The van der Waals surface area contributed by atoms with Gasteiger partial charge in [-0.1, -0.05) is 48.5 Å². The van der Waals surface area contributed by atoms with Crippen LogP contribution in [-0.2, 0) is 4.79 Å². The number of amides is 1. The third kappa shape index (κ3) is 4.19. The van der Waals surface area contributed by atoms with E-state index in [1.165, 1.54) is 0 Å². The van der Waals surface area contributed by atoms with Gasteiger partial charge in [0.15, 0.2) is 0 Å². The van der Waals surface area contributed by atoms with Crippen LogP contribution >= 0.6 is 11.8 Å². The molecule has 0 spiro atoms. The first-order chi connectivity index (χ1) is 11.8. The lowest BCUT2D eigenvalue weighted by Gasteiger charge is -2.33. The van der Waals surface area contributed by atoms with E-state index in [1.807, 2.05) is 41.3 Å². The normalized spacial score (nSPS) is 16.8. The van der Waals surface area contributed by atoms with Gasteiger partial charge in [-0.25, -0.2) is 0 Å². The van der Waals surface area contributed by atoms with Gasteiger partial charge in [0.05, 0.1) is 32.7 Å². The van der Waals surface area contributed by atoms with Crippen molar-refractivity contribution in [3.63, 3.8) is 0 Å². The van der Waals surface area contributed by atoms with Crippen molar-refractivity contribution in [1.29, 1.82) is 0 Å². The Hall–Kier alpha value is -1.78. The van der Waals surface area contributed by atoms with Crippen molar-refractivity contribution < 1.29 is 9.69 Å². The number of likely N-dealkylation sites (N-methyl/N-ethyl adjacent to an activating group) is 1. The van der Waals surface area contributed by atoms with Crippen LogP contribution in [0.2, 0.25) is 0 Å². The predicted octanol–water partition coefficient (Wildman–Crippen LogP) is 2.27. The lowest BCUT2D eigenvalue weighted by Crippen LogP contribution is -3.14. The highest BCUT2D eigenvalue weighted by Gasteiger charge is 2.30. The van der Waals surface area contributed by atoms with Crippen molar-refractivity contribution >= 4 is 17.7 Å². The van der Waals surface area contributed by atoms with Crippen LogP contribution in [0.25, 0.3) is 0 Å². The number of nitrogens with one attached hydrogen (secondary N) is 1. The molecule has 3 rings (SSSR count). The number of quaternary nitrogens is 1. The topological polar surface area (TPSA) is 24.8 Å². The van der Waals surface area contributed by atoms with Crippen LogP contribution in [0.15, 0.2) is 65.6 Å². The first-order valence-corrected chi connectivity index (χ1v) is 9.55. The van der Waals surface area contributed by atoms with E-state index in [2.05, 4.69) is 31.2 Å². The molecule has 1 fully saturated rings. The Labute approximate surface area is 148 Å². The summed E-state index contributed by atoms with van der Waals surface area (Å²) in [5.74, 6) is 0.241. The lowest BCUT2D eigenvalue weighted by atomic mass is 10.1. The number of carbonyl (C=O) groups excluding carboxylic acids is 1. The first-order valence-electron chi connectivity index (χ1n) is 8.67. The summed E-state index contributed by atoms with van der Waals surface area (Å²) >= 11 is 1.65. The molecular weight excluding hydrogens is 316 g/mol.